The van der Waals surface area contributed by atoms with Crippen LogP contribution in [0.25, 0.3) is 0 Å². The lowest BCUT2D eigenvalue weighted by Gasteiger charge is -2.02. The van der Waals surface area contributed by atoms with Crippen LogP contribution in [0.4, 0.5) is 0 Å². The van der Waals surface area contributed by atoms with Crippen LogP contribution in [0.15, 0.2) is 30.9 Å². The molecule has 0 saturated carbocycles. The number of nitrogens with zero attached hydrogens (tertiary/aromatic N) is 3. The molecule has 0 radical (unpaired) electrons. The number of imidazole rings is 1. The molecule has 2 N–H and O–H groups in total. The van der Waals surface area contributed by atoms with Crippen LogP contribution in [0.3, 0.4) is 0 Å². The Morgan fingerprint density at radius 2 is 2.31 bits per heavy atom. The number of amides is 1. The third kappa shape index (κ3) is 2.08. The van der Waals surface area contributed by atoms with Crippen LogP contribution >= 0.6 is 0 Å². The molecule has 0 spiro atoms. The number of aryl methyl sites for hydroxylation is 1. The summed E-state index contributed by atoms with van der Waals surface area (Å²) in [5.41, 5.74) is 7.25. The zero-order valence-corrected chi connectivity index (χ0v) is 8.92. The van der Waals surface area contributed by atoms with Gasteiger partial charge in [0.25, 0.3) is 5.91 Å². The maximum Gasteiger partial charge on any atom is 0.267 e. The molecular formula is C11H12N4O. The molecule has 0 atom stereocenters. The van der Waals surface area contributed by atoms with E-state index in [1.165, 1.54) is 0 Å². The van der Waals surface area contributed by atoms with Crippen molar-refractivity contribution in [1.82, 2.24) is 14.5 Å². The van der Waals surface area contributed by atoms with Gasteiger partial charge in [0.2, 0.25) is 0 Å². The molecule has 0 saturated heterocycles. The summed E-state index contributed by atoms with van der Waals surface area (Å²) < 4.78 is 1.86. The fraction of sp³-hybridized carbons (Fsp3) is 0.182. The summed E-state index contributed by atoms with van der Waals surface area (Å²) in [6, 6.07) is 3.62. The quantitative estimate of drug-likeness (QED) is 0.812. The molecule has 0 aliphatic heterocycles. The summed E-state index contributed by atoms with van der Waals surface area (Å²) in [7, 11) is 1.90. The van der Waals surface area contributed by atoms with Crippen LogP contribution in [0.1, 0.15) is 21.7 Å². The molecule has 0 aromatic carbocycles. The van der Waals surface area contributed by atoms with Gasteiger partial charge >= 0.3 is 0 Å². The number of carbonyl (C=O) groups excluding carboxylic acids is 1. The smallest absolute Gasteiger partial charge is 0.267 e. The minimum Gasteiger partial charge on any atom is -0.364 e. The Bertz CT molecular complexity index is 518. The maximum absolute atomic E-state index is 11.2. The van der Waals surface area contributed by atoms with Crippen molar-refractivity contribution in [1.29, 1.82) is 0 Å². The molecule has 2 heterocycles. The Hall–Kier alpha value is -2.17. The summed E-state index contributed by atoms with van der Waals surface area (Å²) >= 11 is 0. The van der Waals surface area contributed by atoms with Crippen LogP contribution in [-0.2, 0) is 13.5 Å². The van der Waals surface area contributed by atoms with Gasteiger partial charge < -0.3 is 10.3 Å². The molecule has 5 nitrogen and oxygen atoms in total. The van der Waals surface area contributed by atoms with E-state index in [9.17, 15) is 4.79 Å². The minimum atomic E-state index is -0.508. The van der Waals surface area contributed by atoms with Gasteiger partial charge in [-0.15, -0.1) is 0 Å². The molecule has 2 rings (SSSR count). The zero-order chi connectivity index (χ0) is 11.5. The molecule has 0 aliphatic carbocycles. The lowest BCUT2D eigenvalue weighted by Crippen LogP contribution is -2.15. The molecule has 16 heavy (non-hydrogen) atoms. The van der Waals surface area contributed by atoms with E-state index in [0.717, 1.165) is 11.3 Å². The Kier molecular flexibility index (Phi) is 2.68. The third-order valence-corrected chi connectivity index (χ3v) is 2.25. The van der Waals surface area contributed by atoms with Crippen molar-refractivity contribution < 1.29 is 4.79 Å². The average Bonchev–Trinajstić information content (AvgIpc) is 2.64. The molecule has 0 fully saturated rings. The topological polar surface area (TPSA) is 73.8 Å². The summed E-state index contributed by atoms with van der Waals surface area (Å²) in [5.74, 6) is -0.508. The first-order valence-corrected chi connectivity index (χ1v) is 4.87. The van der Waals surface area contributed by atoms with Gasteiger partial charge in [-0.1, -0.05) is 6.07 Å². The van der Waals surface area contributed by atoms with Crippen molar-refractivity contribution in [2.75, 3.05) is 0 Å². The normalized spacial score (nSPS) is 10.3. The molecule has 82 valence electrons. The molecule has 5 heteroatoms. The van der Waals surface area contributed by atoms with E-state index in [1.807, 2.05) is 23.9 Å². The van der Waals surface area contributed by atoms with Crippen molar-refractivity contribution in [2.45, 2.75) is 6.42 Å². The highest BCUT2D eigenvalue weighted by Crippen LogP contribution is 2.10. The van der Waals surface area contributed by atoms with E-state index in [1.54, 1.807) is 18.6 Å². The lowest BCUT2D eigenvalue weighted by atomic mass is 10.1. The second kappa shape index (κ2) is 4.14. The highest BCUT2D eigenvalue weighted by molar-refractivity contribution is 5.92. The Morgan fingerprint density at radius 3 is 2.94 bits per heavy atom. The fourth-order valence-corrected chi connectivity index (χ4v) is 1.56. The molecule has 0 aliphatic rings. The number of rotatable bonds is 3. The van der Waals surface area contributed by atoms with E-state index in [4.69, 9.17) is 5.73 Å². The van der Waals surface area contributed by atoms with Crippen molar-refractivity contribution in [2.24, 2.45) is 12.8 Å². The number of hydrogen-bond donors (Lipinski definition) is 1. The first kappa shape index (κ1) is 10.4. The Balaban J connectivity index is 2.31. The van der Waals surface area contributed by atoms with E-state index in [2.05, 4.69) is 9.97 Å². The SMILES string of the molecule is Cn1cnc(Cc2cccnc2C(N)=O)c1. The van der Waals surface area contributed by atoms with Crippen molar-refractivity contribution in [3.8, 4) is 0 Å². The maximum atomic E-state index is 11.2. The van der Waals surface area contributed by atoms with Gasteiger partial charge in [-0.05, 0) is 11.6 Å². The molecule has 0 unspecified atom stereocenters. The highest BCUT2D eigenvalue weighted by atomic mass is 16.1. The number of carbonyl (C=O) groups is 1. The first-order chi connectivity index (χ1) is 7.66. The lowest BCUT2D eigenvalue weighted by molar-refractivity contribution is 0.0994. The Morgan fingerprint density at radius 1 is 1.50 bits per heavy atom. The molecule has 2 aromatic rings. The van der Waals surface area contributed by atoms with Gasteiger partial charge in [0.1, 0.15) is 5.69 Å². The highest BCUT2D eigenvalue weighted by Gasteiger charge is 2.10. The molecule has 0 bridgehead atoms. The standard InChI is InChI=1S/C11H12N4O/c1-15-6-9(14-7-15)5-8-3-2-4-13-10(8)11(12)16/h2-4,6-7H,5H2,1H3,(H2,12,16). The molecule has 2 aromatic heterocycles. The number of primary amides is 1. The van der Waals surface area contributed by atoms with Gasteiger partial charge in [-0.3, -0.25) is 9.78 Å². The molecular weight excluding hydrogens is 204 g/mol. The van der Waals surface area contributed by atoms with Crippen LogP contribution in [0.2, 0.25) is 0 Å². The largest absolute Gasteiger partial charge is 0.364 e. The van der Waals surface area contributed by atoms with Gasteiger partial charge in [0.15, 0.2) is 0 Å². The number of hydrogen-bond acceptors (Lipinski definition) is 3. The van der Waals surface area contributed by atoms with Gasteiger partial charge in [-0.2, -0.15) is 0 Å². The Labute approximate surface area is 92.9 Å². The van der Waals surface area contributed by atoms with Crippen LogP contribution in [-0.4, -0.2) is 20.4 Å². The average molecular weight is 216 g/mol. The predicted molar refractivity (Wildman–Crippen MR) is 58.8 cm³/mol. The van der Waals surface area contributed by atoms with E-state index in [0.29, 0.717) is 12.1 Å². The van der Waals surface area contributed by atoms with Crippen molar-refractivity contribution in [3.05, 3.63) is 47.8 Å². The van der Waals surface area contributed by atoms with Crippen LogP contribution in [0.5, 0.6) is 0 Å². The number of aromatic nitrogens is 3. The van der Waals surface area contributed by atoms with Gasteiger partial charge in [0.05, 0.1) is 12.0 Å². The van der Waals surface area contributed by atoms with Crippen molar-refractivity contribution >= 4 is 5.91 Å². The summed E-state index contributed by atoms with van der Waals surface area (Å²) in [4.78, 5) is 19.3. The van der Waals surface area contributed by atoms with Gasteiger partial charge in [0, 0.05) is 25.9 Å². The first-order valence-electron chi connectivity index (χ1n) is 4.87. The van der Waals surface area contributed by atoms with E-state index >= 15 is 0 Å². The third-order valence-electron chi connectivity index (χ3n) is 2.25. The molecule has 1 amide bonds. The minimum absolute atomic E-state index is 0.313. The van der Waals surface area contributed by atoms with Crippen LogP contribution in [0, 0.1) is 0 Å². The van der Waals surface area contributed by atoms with Crippen LogP contribution < -0.4 is 5.73 Å². The van der Waals surface area contributed by atoms with Gasteiger partial charge in [-0.25, -0.2) is 4.98 Å². The van der Waals surface area contributed by atoms with Crippen molar-refractivity contribution in [3.63, 3.8) is 0 Å². The summed E-state index contributed by atoms with van der Waals surface area (Å²) in [6.07, 6.45) is 5.74. The number of pyridine rings is 1. The number of nitrogens with two attached hydrogens (primary N) is 1. The summed E-state index contributed by atoms with van der Waals surface area (Å²) in [5, 5.41) is 0. The zero-order valence-electron chi connectivity index (χ0n) is 8.92. The monoisotopic (exact) mass is 216 g/mol. The second-order valence-corrected chi connectivity index (χ2v) is 3.58. The second-order valence-electron chi connectivity index (χ2n) is 3.58. The fourth-order valence-electron chi connectivity index (χ4n) is 1.56. The van der Waals surface area contributed by atoms with E-state index in [-0.39, 0.29) is 0 Å². The van der Waals surface area contributed by atoms with E-state index < -0.39 is 5.91 Å². The summed E-state index contributed by atoms with van der Waals surface area (Å²) in [6.45, 7) is 0. The predicted octanol–water partition coefficient (Wildman–Crippen LogP) is 0.505.